The number of carbonyl (C=O) groups is 1. The van der Waals surface area contributed by atoms with Gasteiger partial charge in [0.1, 0.15) is 5.76 Å². The van der Waals surface area contributed by atoms with Gasteiger partial charge >= 0.3 is 0 Å². The van der Waals surface area contributed by atoms with Crippen molar-refractivity contribution in [3.05, 3.63) is 77.7 Å². The Morgan fingerprint density at radius 2 is 1.65 bits per heavy atom. The highest BCUT2D eigenvalue weighted by atomic mass is 32.2. The minimum absolute atomic E-state index is 0.156. The summed E-state index contributed by atoms with van der Waals surface area (Å²) in [6.07, 6.45) is 2.09. The minimum atomic E-state index is -3.92. The standard InChI is InChI=1S/C28H36N2O6S/c1-21-9-12-24(13-10-21)37(32,33)30(28(2,3)4)20-27(31)29(19-23-8-7-17-36-23)16-15-22-11-14-25(34-5)26(18-22)35-6/h7-14,17-18H,15-16,19-20H2,1-6H3. The molecule has 0 bridgehead atoms. The molecule has 3 aromatic rings. The predicted molar refractivity (Wildman–Crippen MR) is 142 cm³/mol. The van der Waals surface area contributed by atoms with E-state index in [0.717, 1.165) is 11.1 Å². The van der Waals surface area contributed by atoms with Gasteiger partial charge < -0.3 is 18.8 Å². The Bertz CT molecular complexity index is 1280. The Hall–Kier alpha value is -3.30. The molecule has 37 heavy (non-hydrogen) atoms. The lowest BCUT2D eigenvalue weighted by molar-refractivity contribution is -0.133. The summed E-state index contributed by atoms with van der Waals surface area (Å²) in [5, 5.41) is 0. The quantitative estimate of drug-likeness (QED) is 0.360. The van der Waals surface area contributed by atoms with Crippen LogP contribution < -0.4 is 9.47 Å². The number of nitrogens with zero attached hydrogens (tertiary/aromatic N) is 2. The monoisotopic (exact) mass is 528 g/mol. The SMILES string of the molecule is COc1ccc(CCN(Cc2ccco2)C(=O)CN(C(C)(C)C)S(=O)(=O)c2ccc(C)cc2)cc1OC. The first-order valence-electron chi connectivity index (χ1n) is 12.1. The van der Waals surface area contributed by atoms with Crippen LogP contribution >= 0.6 is 0 Å². The average molecular weight is 529 g/mol. The molecule has 0 spiro atoms. The maximum absolute atomic E-state index is 13.6. The summed E-state index contributed by atoms with van der Waals surface area (Å²) in [5.74, 6) is 1.52. The first-order valence-corrected chi connectivity index (χ1v) is 13.5. The molecule has 0 saturated carbocycles. The number of ether oxygens (including phenoxy) is 2. The summed E-state index contributed by atoms with van der Waals surface area (Å²) < 4.78 is 44.6. The van der Waals surface area contributed by atoms with E-state index in [1.807, 2.05) is 25.1 Å². The van der Waals surface area contributed by atoms with Crippen molar-refractivity contribution in [1.82, 2.24) is 9.21 Å². The van der Waals surface area contributed by atoms with Crippen molar-refractivity contribution in [2.24, 2.45) is 0 Å². The van der Waals surface area contributed by atoms with Gasteiger partial charge in [-0.05, 0) is 76.1 Å². The van der Waals surface area contributed by atoms with Gasteiger partial charge in [0.05, 0.1) is 38.5 Å². The lowest BCUT2D eigenvalue weighted by Crippen LogP contribution is -2.51. The third-order valence-electron chi connectivity index (χ3n) is 6.03. The maximum Gasteiger partial charge on any atom is 0.244 e. The number of benzene rings is 2. The second-order valence-electron chi connectivity index (χ2n) is 9.83. The molecule has 0 aliphatic rings. The zero-order valence-electron chi connectivity index (χ0n) is 22.4. The van der Waals surface area contributed by atoms with E-state index in [1.54, 1.807) is 82.6 Å². The van der Waals surface area contributed by atoms with E-state index in [1.165, 1.54) is 4.31 Å². The molecule has 1 amide bonds. The molecule has 200 valence electrons. The summed E-state index contributed by atoms with van der Waals surface area (Å²) in [6, 6.07) is 15.8. The molecule has 1 heterocycles. The van der Waals surface area contributed by atoms with Crippen molar-refractivity contribution >= 4 is 15.9 Å². The molecule has 9 heteroatoms. The molecular formula is C28H36N2O6S. The van der Waals surface area contributed by atoms with Crippen LogP contribution in [0.4, 0.5) is 0 Å². The van der Waals surface area contributed by atoms with E-state index in [4.69, 9.17) is 13.9 Å². The molecule has 8 nitrogen and oxygen atoms in total. The van der Waals surface area contributed by atoms with Crippen LogP contribution in [0.2, 0.25) is 0 Å². The molecule has 0 fully saturated rings. The Morgan fingerprint density at radius 1 is 0.973 bits per heavy atom. The van der Waals surface area contributed by atoms with E-state index in [-0.39, 0.29) is 23.9 Å². The van der Waals surface area contributed by atoms with Crippen LogP contribution in [0.3, 0.4) is 0 Å². The van der Waals surface area contributed by atoms with Gasteiger partial charge in [-0.25, -0.2) is 8.42 Å². The fourth-order valence-electron chi connectivity index (χ4n) is 3.93. The number of hydrogen-bond acceptors (Lipinski definition) is 6. The van der Waals surface area contributed by atoms with E-state index in [0.29, 0.717) is 30.2 Å². The van der Waals surface area contributed by atoms with Gasteiger partial charge in [0.15, 0.2) is 11.5 Å². The molecule has 3 rings (SSSR count). The van der Waals surface area contributed by atoms with Crippen LogP contribution in [0, 0.1) is 6.92 Å². The van der Waals surface area contributed by atoms with Gasteiger partial charge in [-0.1, -0.05) is 23.8 Å². The van der Waals surface area contributed by atoms with Crippen molar-refractivity contribution in [2.45, 2.75) is 51.1 Å². The molecule has 0 saturated heterocycles. The topological polar surface area (TPSA) is 89.3 Å². The van der Waals surface area contributed by atoms with E-state index in [2.05, 4.69) is 0 Å². The number of sulfonamides is 1. The molecule has 0 N–H and O–H groups in total. The number of furan rings is 1. The van der Waals surface area contributed by atoms with E-state index >= 15 is 0 Å². The number of hydrogen-bond donors (Lipinski definition) is 0. The number of amides is 1. The highest BCUT2D eigenvalue weighted by Crippen LogP contribution is 2.28. The third kappa shape index (κ3) is 7.14. The highest BCUT2D eigenvalue weighted by Gasteiger charge is 2.36. The zero-order chi connectivity index (χ0) is 27.2. The second kappa shape index (κ2) is 11.8. The van der Waals surface area contributed by atoms with Crippen molar-refractivity contribution in [3.63, 3.8) is 0 Å². The van der Waals surface area contributed by atoms with Gasteiger partial charge in [0.2, 0.25) is 15.9 Å². The summed E-state index contributed by atoms with van der Waals surface area (Å²) in [7, 11) is -0.768. The Morgan fingerprint density at radius 3 is 2.22 bits per heavy atom. The second-order valence-corrected chi connectivity index (χ2v) is 11.7. The average Bonchev–Trinajstić information content (AvgIpc) is 3.37. The summed E-state index contributed by atoms with van der Waals surface area (Å²) >= 11 is 0. The molecule has 0 aliphatic carbocycles. The zero-order valence-corrected chi connectivity index (χ0v) is 23.2. The Balaban J connectivity index is 1.86. The fourth-order valence-corrected chi connectivity index (χ4v) is 5.66. The van der Waals surface area contributed by atoms with Gasteiger partial charge in [0, 0.05) is 12.1 Å². The van der Waals surface area contributed by atoms with Crippen molar-refractivity contribution < 1.29 is 27.1 Å². The van der Waals surface area contributed by atoms with Crippen LogP contribution in [0.5, 0.6) is 11.5 Å². The molecule has 1 aromatic heterocycles. The van der Waals surface area contributed by atoms with Crippen LogP contribution in [0.1, 0.15) is 37.7 Å². The van der Waals surface area contributed by atoms with Crippen LogP contribution in [-0.2, 0) is 27.8 Å². The van der Waals surface area contributed by atoms with Crippen LogP contribution in [0.25, 0.3) is 0 Å². The number of carbonyl (C=O) groups excluding carboxylic acids is 1. The van der Waals surface area contributed by atoms with Crippen LogP contribution in [-0.4, -0.2) is 56.4 Å². The number of methoxy groups -OCH3 is 2. The Kier molecular flexibility index (Phi) is 9.04. The summed E-state index contributed by atoms with van der Waals surface area (Å²) in [5.41, 5.74) is 1.09. The fraction of sp³-hybridized carbons (Fsp3) is 0.393. The van der Waals surface area contributed by atoms with Gasteiger partial charge in [-0.2, -0.15) is 4.31 Å². The van der Waals surface area contributed by atoms with Crippen LogP contribution in [0.15, 0.2) is 70.2 Å². The van der Waals surface area contributed by atoms with Gasteiger partial charge in [-0.15, -0.1) is 0 Å². The van der Waals surface area contributed by atoms with Crippen molar-refractivity contribution in [1.29, 1.82) is 0 Å². The molecule has 0 unspecified atom stereocenters. The van der Waals surface area contributed by atoms with Crippen molar-refractivity contribution in [3.8, 4) is 11.5 Å². The molecule has 2 aromatic carbocycles. The number of aryl methyl sites for hydroxylation is 1. The smallest absolute Gasteiger partial charge is 0.244 e. The van der Waals surface area contributed by atoms with E-state index in [9.17, 15) is 13.2 Å². The normalized spacial score (nSPS) is 12.0. The highest BCUT2D eigenvalue weighted by molar-refractivity contribution is 7.89. The largest absolute Gasteiger partial charge is 0.493 e. The molecule has 0 atom stereocenters. The predicted octanol–water partition coefficient (Wildman–Crippen LogP) is 4.67. The lowest BCUT2D eigenvalue weighted by Gasteiger charge is -2.35. The Labute approximate surface area is 219 Å². The number of rotatable bonds is 11. The molecular weight excluding hydrogens is 492 g/mol. The lowest BCUT2D eigenvalue weighted by atomic mass is 10.1. The maximum atomic E-state index is 13.6. The molecule has 0 aliphatic heterocycles. The minimum Gasteiger partial charge on any atom is -0.493 e. The summed E-state index contributed by atoms with van der Waals surface area (Å²) in [6.45, 7) is 7.53. The first kappa shape index (κ1) is 28.3. The summed E-state index contributed by atoms with van der Waals surface area (Å²) in [4.78, 5) is 15.4. The first-order chi connectivity index (χ1) is 17.5. The third-order valence-corrected chi connectivity index (χ3v) is 8.16. The van der Waals surface area contributed by atoms with Gasteiger partial charge in [0.25, 0.3) is 0 Å². The van der Waals surface area contributed by atoms with E-state index < -0.39 is 15.6 Å². The molecule has 0 radical (unpaired) electrons. The van der Waals surface area contributed by atoms with Crippen molar-refractivity contribution in [2.75, 3.05) is 27.3 Å². The van der Waals surface area contributed by atoms with Gasteiger partial charge in [-0.3, -0.25) is 4.79 Å².